The van der Waals surface area contributed by atoms with Crippen LogP contribution in [-0.2, 0) is 47.7 Å². The minimum Gasteiger partial charge on any atom is -0.463 e. The van der Waals surface area contributed by atoms with Crippen molar-refractivity contribution in [2.24, 2.45) is 21.8 Å². The third-order valence-corrected chi connectivity index (χ3v) is 11.3. The van der Waals surface area contributed by atoms with Gasteiger partial charge in [0.25, 0.3) is 0 Å². The van der Waals surface area contributed by atoms with Crippen molar-refractivity contribution < 1.29 is 47.7 Å². The Balaban J connectivity index is 1.77. The number of nitrogens with zero attached hydrogens (tertiary/aromatic N) is 3. The van der Waals surface area contributed by atoms with Gasteiger partial charge in [0, 0.05) is 107 Å². The Morgan fingerprint density at radius 1 is 0.983 bits per heavy atom. The van der Waals surface area contributed by atoms with Crippen LogP contribution in [0.2, 0.25) is 0 Å². The number of aryl methyl sites for hydroxylation is 1. The number of rotatable bonds is 18. The number of aliphatic imine (C=N–C) groups is 2. The van der Waals surface area contributed by atoms with Crippen LogP contribution in [-0.4, -0.2) is 121 Å². The maximum absolute atomic E-state index is 13.6. The average molecular weight is 842 g/mol. The highest BCUT2D eigenvalue weighted by atomic mass is 32.2. The summed E-state index contributed by atoms with van der Waals surface area (Å²) in [5, 5.41) is 5.41. The highest BCUT2D eigenvalue weighted by molar-refractivity contribution is 7.99. The fourth-order valence-corrected chi connectivity index (χ4v) is 8.19. The second kappa shape index (κ2) is 23.2. The third kappa shape index (κ3) is 14.2. The van der Waals surface area contributed by atoms with E-state index in [-0.39, 0.29) is 24.3 Å². The molecule has 0 bridgehead atoms. The fourth-order valence-electron chi connectivity index (χ4n) is 7.04. The number of aromatic amines is 1. The Hall–Kier alpha value is -4.70. The monoisotopic (exact) mass is 841 g/mol. The minimum absolute atomic E-state index is 0.00463. The normalized spacial score (nSPS) is 24.3. The van der Waals surface area contributed by atoms with Gasteiger partial charge in [-0.2, -0.15) is 0 Å². The SMILES string of the molecule is CCNC(/C=C1N=C(/C(C)=c2/cc(C)/c(=C/C=NC)[nH]2)[C@@H](CCC(=O)N(C)CCCS[C@@H]2O[C@H](COC(C)=O)[C@@H](OC(C)=O)[C@H](OC(C)=O)[C@H]2OC(C)=O)[C@@H]\1C)=C(C)C. The van der Waals surface area contributed by atoms with Crippen molar-refractivity contribution in [3.8, 4) is 0 Å². The predicted molar refractivity (Wildman–Crippen MR) is 229 cm³/mol. The summed E-state index contributed by atoms with van der Waals surface area (Å²) in [6.45, 7) is 18.2. The average Bonchev–Trinajstić information content (AvgIpc) is 3.69. The zero-order valence-corrected chi connectivity index (χ0v) is 37.4. The van der Waals surface area contributed by atoms with E-state index in [4.69, 9.17) is 28.7 Å². The highest BCUT2D eigenvalue weighted by Crippen LogP contribution is 2.38. The number of thioether (sulfide) groups is 1. The molecule has 2 aliphatic heterocycles. The number of aromatic nitrogens is 1. The summed E-state index contributed by atoms with van der Waals surface area (Å²) >= 11 is 1.29. The van der Waals surface area contributed by atoms with Crippen molar-refractivity contribution in [3.63, 3.8) is 0 Å². The van der Waals surface area contributed by atoms with Gasteiger partial charge in [-0.1, -0.05) is 12.5 Å². The molecule has 3 heterocycles. The molecule has 1 aromatic heterocycles. The third-order valence-electron chi connectivity index (χ3n) is 10.1. The van der Waals surface area contributed by atoms with E-state index in [9.17, 15) is 24.0 Å². The van der Waals surface area contributed by atoms with Gasteiger partial charge in [-0.05, 0) is 82.6 Å². The largest absolute Gasteiger partial charge is 0.463 e. The first-order valence-corrected chi connectivity index (χ1v) is 21.1. The van der Waals surface area contributed by atoms with Gasteiger partial charge in [0.05, 0.1) is 0 Å². The van der Waals surface area contributed by atoms with Crippen LogP contribution < -0.4 is 16.0 Å². The number of H-pyrrole nitrogens is 1. The summed E-state index contributed by atoms with van der Waals surface area (Å²) in [6.07, 6.45) is 2.70. The molecule has 2 N–H and O–H groups in total. The Kier molecular flexibility index (Phi) is 19.1. The molecule has 0 aromatic carbocycles. The number of carbonyl (C=O) groups is 5. The van der Waals surface area contributed by atoms with E-state index in [0.717, 1.165) is 51.1 Å². The molecule has 0 aliphatic carbocycles. The van der Waals surface area contributed by atoms with Gasteiger partial charge in [-0.25, -0.2) is 0 Å². The van der Waals surface area contributed by atoms with Gasteiger partial charge in [0.1, 0.15) is 18.1 Å². The molecule has 1 saturated heterocycles. The lowest BCUT2D eigenvalue weighted by atomic mass is 9.84. The van der Waals surface area contributed by atoms with E-state index in [0.29, 0.717) is 31.6 Å². The molecule has 7 atom stereocenters. The van der Waals surface area contributed by atoms with Gasteiger partial charge in [0.2, 0.25) is 5.91 Å². The van der Waals surface area contributed by atoms with Crippen LogP contribution in [0.3, 0.4) is 0 Å². The molecule has 2 aliphatic rings. The number of esters is 4. The van der Waals surface area contributed by atoms with Gasteiger partial charge < -0.3 is 38.9 Å². The Bertz CT molecular complexity index is 1930. The molecule has 326 valence electrons. The quantitative estimate of drug-likeness (QED) is 0.0941. The molecule has 1 amide bonds. The van der Waals surface area contributed by atoms with Crippen molar-refractivity contribution >= 4 is 65.1 Å². The molecular formula is C43H63N5O10S. The molecular weight excluding hydrogens is 779 g/mol. The van der Waals surface area contributed by atoms with E-state index in [1.165, 1.54) is 39.5 Å². The number of hydrogen-bond donors (Lipinski definition) is 2. The molecule has 0 radical (unpaired) electrons. The van der Waals surface area contributed by atoms with Gasteiger partial charge in [0.15, 0.2) is 18.3 Å². The molecule has 1 aromatic rings. The number of allylic oxidation sites excluding steroid dienone is 3. The van der Waals surface area contributed by atoms with Crippen LogP contribution in [0, 0.1) is 18.8 Å². The minimum atomic E-state index is -1.23. The molecule has 59 heavy (non-hydrogen) atoms. The van der Waals surface area contributed by atoms with E-state index in [1.807, 2.05) is 6.08 Å². The Morgan fingerprint density at radius 2 is 1.63 bits per heavy atom. The van der Waals surface area contributed by atoms with Gasteiger partial charge >= 0.3 is 23.9 Å². The van der Waals surface area contributed by atoms with Crippen LogP contribution in [0.4, 0.5) is 0 Å². The highest BCUT2D eigenvalue weighted by Gasteiger charge is 2.52. The van der Waals surface area contributed by atoms with Crippen molar-refractivity contribution in [3.05, 3.63) is 45.4 Å². The standard InChI is InChI=1S/C43H63N5O10S/c1-13-45-34(24(2)3)22-36-26(5)32(39(47-36)27(6)35-21-25(4)33(46-35)17-18-44-11)15-16-38(53)48(12)19-14-20-59-43-42(57-31(10)52)41(56-30(9)51)40(55-29(8)50)37(58-43)23-54-28(7)49/h17-18,21-22,26,32,37,40-43,45-46H,13-16,19-20,23H2,1-12H3/b33-17-,35-27-,36-22-,44-18?/t26-,32-,37+,40+,41-,42+,43-/m0/s1. The lowest BCUT2D eigenvalue weighted by Crippen LogP contribution is -2.61. The number of likely N-dealkylation sites (N-methyl/N-ethyl adjacent to an activating group) is 1. The summed E-state index contributed by atoms with van der Waals surface area (Å²) in [4.78, 5) is 76.3. The summed E-state index contributed by atoms with van der Waals surface area (Å²) in [5.41, 5.74) is 5.38. The van der Waals surface area contributed by atoms with E-state index < -0.39 is 53.7 Å². The first kappa shape index (κ1) is 48.7. The van der Waals surface area contributed by atoms with Crippen LogP contribution in [0.1, 0.15) is 87.1 Å². The second-order valence-electron chi connectivity index (χ2n) is 15.0. The summed E-state index contributed by atoms with van der Waals surface area (Å²) < 4.78 is 28.0. The molecule has 0 saturated carbocycles. The number of hydrogen-bond acceptors (Lipinski definition) is 14. The van der Waals surface area contributed by atoms with Crippen molar-refractivity contribution in [1.29, 1.82) is 0 Å². The van der Waals surface area contributed by atoms with Crippen LogP contribution in [0.5, 0.6) is 0 Å². The second-order valence-corrected chi connectivity index (χ2v) is 16.2. The predicted octanol–water partition coefficient (Wildman–Crippen LogP) is 3.91. The molecule has 16 heteroatoms. The van der Waals surface area contributed by atoms with E-state index >= 15 is 0 Å². The lowest BCUT2D eigenvalue weighted by Gasteiger charge is -2.44. The molecule has 15 nitrogen and oxygen atoms in total. The van der Waals surface area contributed by atoms with Crippen molar-refractivity contribution in [2.75, 3.05) is 39.5 Å². The first-order valence-electron chi connectivity index (χ1n) is 20.0. The Morgan fingerprint density at radius 3 is 2.22 bits per heavy atom. The number of carbonyl (C=O) groups excluding carboxylic acids is 5. The zero-order valence-electron chi connectivity index (χ0n) is 36.6. The topological polar surface area (TPSA) is 187 Å². The molecule has 0 unspecified atom stereocenters. The maximum atomic E-state index is 13.6. The van der Waals surface area contributed by atoms with Crippen LogP contribution in [0.25, 0.3) is 11.6 Å². The van der Waals surface area contributed by atoms with Crippen molar-refractivity contribution in [1.82, 2.24) is 15.2 Å². The maximum Gasteiger partial charge on any atom is 0.303 e. The Labute approximate surface area is 352 Å². The van der Waals surface area contributed by atoms with Crippen molar-refractivity contribution in [2.45, 2.75) is 118 Å². The molecule has 3 rings (SSSR count). The van der Waals surface area contributed by atoms with E-state index in [1.54, 1.807) is 25.2 Å². The first-order chi connectivity index (χ1) is 27.9. The number of ether oxygens (including phenoxy) is 5. The van der Waals surface area contributed by atoms with Gasteiger partial charge in [-0.3, -0.25) is 34.0 Å². The summed E-state index contributed by atoms with van der Waals surface area (Å²) in [7, 11) is 3.51. The zero-order chi connectivity index (χ0) is 44.0. The number of nitrogens with one attached hydrogen (secondary N) is 2. The summed E-state index contributed by atoms with van der Waals surface area (Å²) in [6, 6.07) is 2.12. The van der Waals surface area contributed by atoms with Gasteiger partial charge in [-0.15, -0.1) is 11.8 Å². The lowest BCUT2D eigenvalue weighted by molar-refractivity contribution is -0.237. The van der Waals surface area contributed by atoms with Crippen LogP contribution in [0.15, 0.2) is 39.1 Å². The van der Waals surface area contributed by atoms with Crippen LogP contribution >= 0.6 is 11.8 Å². The molecule has 1 fully saturated rings. The van der Waals surface area contributed by atoms with E-state index in [2.05, 4.69) is 69.0 Å². The summed E-state index contributed by atoms with van der Waals surface area (Å²) in [5.74, 6) is -2.10. The molecule has 0 spiro atoms. The smallest absolute Gasteiger partial charge is 0.303 e. The number of amides is 1. The fraction of sp³-hybridized carbons (Fsp3) is 0.605.